The van der Waals surface area contributed by atoms with Crippen LogP contribution in [0.15, 0.2) is 24.3 Å². The number of amides is 2. The molecule has 0 aliphatic heterocycles. The van der Waals surface area contributed by atoms with Crippen molar-refractivity contribution in [1.29, 1.82) is 0 Å². The Hall–Kier alpha value is -1.84. The Bertz CT molecular complexity index is 496. The molecule has 2 rings (SSSR count). The number of carbonyl (C=O) groups excluding carboxylic acids is 2. The van der Waals surface area contributed by atoms with Gasteiger partial charge in [0.05, 0.1) is 0 Å². The topological polar surface area (TPSA) is 58.2 Å². The average Bonchev–Trinajstić information content (AvgIpc) is 2.45. The van der Waals surface area contributed by atoms with Crippen molar-refractivity contribution >= 4 is 11.8 Å². The fraction of sp³-hybridized carbons (Fsp3) is 0.529. The first-order valence-corrected chi connectivity index (χ1v) is 7.69. The van der Waals surface area contributed by atoms with E-state index >= 15 is 0 Å². The van der Waals surface area contributed by atoms with Crippen LogP contribution in [0.2, 0.25) is 0 Å². The summed E-state index contributed by atoms with van der Waals surface area (Å²) in [5.41, 5.74) is 1.67. The maximum Gasteiger partial charge on any atom is 0.251 e. The van der Waals surface area contributed by atoms with Gasteiger partial charge in [-0.2, -0.15) is 0 Å². The van der Waals surface area contributed by atoms with Crippen LogP contribution in [0.4, 0.5) is 0 Å². The van der Waals surface area contributed by atoms with E-state index in [0.29, 0.717) is 24.1 Å². The van der Waals surface area contributed by atoms with E-state index < -0.39 is 0 Å². The summed E-state index contributed by atoms with van der Waals surface area (Å²) >= 11 is 0. The summed E-state index contributed by atoms with van der Waals surface area (Å²) in [5, 5.41) is 5.87. The largest absolute Gasteiger partial charge is 0.352 e. The predicted molar refractivity (Wildman–Crippen MR) is 82.8 cm³/mol. The van der Waals surface area contributed by atoms with E-state index in [1.54, 1.807) is 0 Å². The molecular weight excluding hydrogens is 264 g/mol. The fourth-order valence-corrected chi connectivity index (χ4v) is 2.83. The lowest BCUT2D eigenvalue weighted by Gasteiger charge is -2.27. The van der Waals surface area contributed by atoms with E-state index in [1.807, 2.05) is 24.3 Å². The zero-order chi connectivity index (χ0) is 15.2. The standard InChI is InChI=1S/C17H24N2O2/c1-12-4-3-5-16(10-12)19-17(21)15-8-6-14(7-9-15)11-18-13(2)20/h6-9,12,16H,3-5,10-11H2,1-2H3,(H,18,20)(H,19,21). The van der Waals surface area contributed by atoms with Crippen LogP contribution < -0.4 is 10.6 Å². The second kappa shape index (κ2) is 7.25. The summed E-state index contributed by atoms with van der Waals surface area (Å²) in [6, 6.07) is 7.71. The first kappa shape index (κ1) is 15.5. The molecule has 0 heterocycles. The van der Waals surface area contributed by atoms with Crippen LogP contribution in [0.3, 0.4) is 0 Å². The molecule has 1 fully saturated rings. The SMILES string of the molecule is CC(=O)NCc1ccc(C(=O)NC2CCCC(C)C2)cc1. The number of benzene rings is 1. The minimum Gasteiger partial charge on any atom is -0.352 e. The summed E-state index contributed by atoms with van der Waals surface area (Å²) in [4.78, 5) is 23.1. The molecule has 1 aromatic rings. The van der Waals surface area contributed by atoms with Gasteiger partial charge in [-0.05, 0) is 36.5 Å². The van der Waals surface area contributed by atoms with E-state index in [1.165, 1.54) is 19.8 Å². The summed E-state index contributed by atoms with van der Waals surface area (Å²) in [6.07, 6.45) is 4.62. The lowest BCUT2D eigenvalue weighted by Crippen LogP contribution is -2.37. The smallest absolute Gasteiger partial charge is 0.251 e. The van der Waals surface area contributed by atoms with Crippen LogP contribution in [0.5, 0.6) is 0 Å². The molecular formula is C17H24N2O2. The van der Waals surface area contributed by atoms with Crippen LogP contribution in [-0.2, 0) is 11.3 Å². The molecule has 1 aliphatic rings. The Morgan fingerprint density at radius 1 is 1.19 bits per heavy atom. The van der Waals surface area contributed by atoms with Crippen LogP contribution in [0.1, 0.15) is 55.5 Å². The predicted octanol–water partition coefficient (Wildman–Crippen LogP) is 2.63. The summed E-state index contributed by atoms with van der Waals surface area (Å²) in [7, 11) is 0. The third-order valence-electron chi connectivity index (χ3n) is 4.03. The van der Waals surface area contributed by atoms with Gasteiger partial charge in [-0.25, -0.2) is 0 Å². The lowest BCUT2D eigenvalue weighted by molar-refractivity contribution is -0.119. The highest BCUT2D eigenvalue weighted by atomic mass is 16.2. The molecule has 0 spiro atoms. The van der Waals surface area contributed by atoms with Crippen molar-refractivity contribution < 1.29 is 9.59 Å². The highest BCUT2D eigenvalue weighted by Crippen LogP contribution is 2.23. The third kappa shape index (κ3) is 4.88. The number of carbonyl (C=O) groups is 2. The Morgan fingerprint density at radius 3 is 2.52 bits per heavy atom. The number of rotatable bonds is 4. The second-order valence-corrected chi connectivity index (χ2v) is 6.05. The molecule has 2 atom stereocenters. The molecule has 1 aromatic carbocycles. The fourth-order valence-electron chi connectivity index (χ4n) is 2.83. The highest BCUT2D eigenvalue weighted by Gasteiger charge is 2.20. The molecule has 0 saturated heterocycles. The lowest BCUT2D eigenvalue weighted by atomic mass is 9.87. The van der Waals surface area contributed by atoms with E-state index in [-0.39, 0.29) is 11.8 Å². The van der Waals surface area contributed by atoms with E-state index in [4.69, 9.17) is 0 Å². The Balaban J connectivity index is 1.88. The highest BCUT2D eigenvalue weighted by molar-refractivity contribution is 5.94. The Labute approximate surface area is 126 Å². The van der Waals surface area contributed by atoms with Gasteiger partial charge in [0.15, 0.2) is 0 Å². The molecule has 2 N–H and O–H groups in total. The van der Waals surface area contributed by atoms with Crippen molar-refractivity contribution in [3.8, 4) is 0 Å². The van der Waals surface area contributed by atoms with Gasteiger partial charge in [-0.3, -0.25) is 9.59 Å². The third-order valence-corrected chi connectivity index (χ3v) is 4.03. The average molecular weight is 288 g/mol. The summed E-state index contributed by atoms with van der Waals surface area (Å²) in [5.74, 6) is 0.646. The first-order valence-electron chi connectivity index (χ1n) is 7.69. The molecule has 114 valence electrons. The van der Waals surface area contributed by atoms with Crippen molar-refractivity contribution in [3.05, 3.63) is 35.4 Å². The van der Waals surface area contributed by atoms with Gasteiger partial charge in [0, 0.05) is 25.1 Å². The molecule has 0 aromatic heterocycles. The molecule has 2 amide bonds. The molecule has 0 radical (unpaired) electrons. The first-order chi connectivity index (χ1) is 10.0. The van der Waals surface area contributed by atoms with E-state index in [9.17, 15) is 9.59 Å². The molecule has 21 heavy (non-hydrogen) atoms. The quantitative estimate of drug-likeness (QED) is 0.895. The van der Waals surface area contributed by atoms with Gasteiger partial charge in [0.25, 0.3) is 5.91 Å². The molecule has 0 bridgehead atoms. The van der Waals surface area contributed by atoms with Crippen molar-refractivity contribution in [3.63, 3.8) is 0 Å². The Morgan fingerprint density at radius 2 is 1.90 bits per heavy atom. The maximum atomic E-state index is 12.2. The van der Waals surface area contributed by atoms with Gasteiger partial charge < -0.3 is 10.6 Å². The van der Waals surface area contributed by atoms with Gasteiger partial charge >= 0.3 is 0 Å². The van der Waals surface area contributed by atoms with Crippen LogP contribution >= 0.6 is 0 Å². The Kier molecular flexibility index (Phi) is 5.37. The van der Waals surface area contributed by atoms with Crippen molar-refractivity contribution in [1.82, 2.24) is 10.6 Å². The minimum absolute atomic E-state index is 0.000164. The molecule has 1 saturated carbocycles. The second-order valence-electron chi connectivity index (χ2n) is 6.05. The zero-order valence-electron chi connectivity index (χ0n) is 12.8. The zero-order valence-corrected chi connectivity index (χ0v) is 12.8. The summed E-state index contributed by atoms with van der Waals surface area (Å²) < 4.78 is 0. The monoisotopic (exact) mass is 288 g/mol. The minimum atomic E-state index is -0.0526. The van der Waals surface area contributed by atoms with Gasteiger partial charge in [-0.15, -0.1) is 0 Å². The number of hydrogen-bond donors (Lipinski definition) is 2. The molecule has 2 unspecified atom stereocenters. The van der Waals surface area contributed by atoms with Crippen molar-refractivity contribution in [2.24, 2.45) is 5.92 Å². The number of nitrogens with one attached hydrogen (secondary N) is 2. The van der Waals surface area contributed by atoms with E-state index in [2.05, 4.69) is 17.6 Å². The van der Waals surface area contributed by atoms with Crippen LogP contribution in [0, 0.1) is 5.92 Å². The van der Waals surface area contributed by atoms with Gasteiger partial charge in [0.1, 0.15) is 0 Å². The molecule has 4 nitrogen and oxygen atoms in total. The van der Waals surface area contributed by atoms with Crippen molar-refractivity contribution in [2.45, 2.75) is 52.1 Å². The number of hydrogen-bond acceptors (Lipinski definition) is 2. The maximum absolute atomic E-state index is 12.2. The van der Waals surface area contributed by atoms with E-state index in [0.717, 1.165) is 18.4 Å². The van der Waals surface area contributed by atoms with Crippen LogP contribution in [-0.4, -0.2) is 17.9 Å². The normalized spacial score (nSPS) is 21.6. The molecule has 4 heteroatoms. The van der Waals surface area contributed by atoms with Gasteiger partial charge in [-0.1, -0.05) is 31.9 Å². The summed E-state index contributed by atoms with van der Waals surface area (Å²) in [6.45, 7) is 4.24. The van der Waals surface area contributed by atoms with Gasteiger partial charge in [0.2, 0.25) is 5.91 Å². The van der Waals surface area contributed by atoms with Crippen LogP contribution in [0.25, 0.3) is 0 Å². The molecule has 1 aliphatic carbocycles. The van der Waals surface area contributed by atoms with Crippen molar-refractivity contribution in [2.75, 3.05) is 0 Å².